The largest absolute Gasteiger partial charge is 0.393 e. The van der Waals surface area contributed by atoms with Crippen LogP contribution in [0.5, 0.6) is 0 Å². The third-order valence-electron chi connectivity index (χ3n) is 0.523. The minimum Gasteiger partial charge on any atom is -0.393 e. The van der Waals surface area contributed by atoms with Crippen molar-refractivity contribution in [2.24, 2.45) is 11.5 Å². The van der Waals surface area contributed by atoms with Crippen molar-refractivity contribution >= 4 is 17.2 Å². The molecule has 3 heteroatoms. The van der Waals surface area contributed by atoms with Crippen molar-refractivity contribution in [1.29, 1.82) is 0 Å². The molecule has 0 heterocycles. The first kappa shape index (κ1) is 6.85. The zero-order valence-corrected chi connectivity index (χ0v) is 5.16. The summed E-state index contributed by atoms with van der Waals surface area (Å²) in [4.78, 5) is 0.495. The molecule has 0 bridgehead atoms. The molecule has 0 aromatic carbocycles. The average Bonchev–Trinajstić information content (AvgIpc) is 1.27. The maximum absolute atomic E-state index is 5.33. The standard InChI is InChI=1S/C4H10N2S/c1-3(5)2-4(6)7/h3H,2,5H2,1H3,(H2,6,7). The van der Waals surface area contributed by atoms with Crippen molar-refractivity contribution < 1.29 is 0 Å². The van der Waals surface area contributed by atoms with E-state index in [4.69, 9.17) is 11.5 Å². The predicted molar refractivity (Wildman–Crippen MR) is 35.1 cm³/mol. The van der Waals surface area contributed by atoms with Crippen LogP contribution in [0.15, 0.2) is 0 Å². The smallest absolute Gasteiger partial charge is 0.0742 e. The summed E-state index contributed by atoms with van der Waals surface area (Å²) >= 11 is 4.57. The molecule has 0 aliphatic heterocycles. The van der Waals surface area contributed by atoms with Gasteiger partial charge in [0.15, 0.2) is 0 Å². The Bertz CT molecular complexity index is 70.1. The van der Waals surface area contributed by atoms with Gasteiger partial charge in [-0.25, -0.2) is 0 Å². The van der Waals surface area contributed by atoms with Crippen LogP contribution < -0.4 is 11.5 Å². The molecule has 0 aliphatic carbocycles. The second kappa shape index (κ2) is 2.93. The summed E-state index contributed by atoms with van der Waals surface area (Å²) in [5.74, 6) is 0. The van der Waals surface area contributed by atoms with Crippen molar-refractivity contribution in [3.05, 3.63) is 0 Å². The topological polar surface area (TPSA) is 52.0 Å². The Labute approximate surface area is 48.9 Å². The van der Waals surface area contributed by atoms with Crippen LogP contribution in [-0.4, -0.2) is 11.0 Å². The minimum absolute atomic E-state index is 0.109. The maximum Gasteiger partial charge on any atom is 0.0742 e. The summed E-state index contributed by atoms with van der Waals surface area (Å²) in [6.45, 7) is 1.87. The molecule has 0 saturated carbocycles. The average molecular weight is 118 g/mol. The Hall–Kier alpha value is -0.150. The molecule has 7 heavy (non-hydrogen) atoms. The van der Waals surface area contributed by atoms with E-state index in [9.17, 15) is 0 Å². The molecule has 1 unspecified atom stereocenters. The van der Waals surface area contributed by atoms with Gasteiger partial charge in [0.25, 0.3) is 0 Å². The van der Waals surface area contributed by atoms with Crippen LogP contribution in [0.25, 0.3) is 0 Å². The second-order valence-electron chi connectivity index (χ2n) is 1.65. The predicted octanol–water partition coefficient (Wildman–Crippen LogP) is 0.00980. The van der Waals surface area contributed by atoms with Gasteiger partial charge in [-0.1, -0.05) is 12.2 Å². The number of hydrogen-bond donors (Lipinski definition) is 2. The molecule has 0 aliphatic rings. The summed E-state index contributed by atoms with van der Waals surface area (Å²) in [6.07, 6.45) is 0.648. The lowest BCUT2D eigenvalue weighted by Crippen LogP contribution is -2.22. The van der Waals surface area contributed by atoms with Gasteiger partial charge in [0, 0.05) is 12.5 Å². The number of nitrogens with two attached hydrogens (primary N) is 2. The summed E-state index contributed by atoms with van der Waals surface area (Å²) in [7, 11) is 0. The van der Waals surface area contributed by atoms with E-state index in [0.29, 0.717) is 11.4 Å². The van der Waals surface area contributed by atoms with Crippen molar-refractivity contribution in [2.75, 3.05) is 0 Å². The molecule has 4 N–H and O–H groups in total. The van der Waals surface area contributed by atoms with E-state index in [0.717, 1.165) is 0 Å². The Morgan fingerprint density at radius 3 is 2.29 bits per heavy atom. The summed E-state index contributed by atoms with van der Waals surface area (Å²) in [6, 6.07) is 0.109. The van der Waals surface area contributed by atoms with E-state index in [1.807, 2.05) is 6.92 Å². The fourth-order valence-electron chi connectivity index (χ4n) is 0.317. The molecule has 0 fully saturated rings. The third-order valence-corrected chi connectivity index (χ3v) is 0.690. The first-order valence-electron chi connectivity index (χ1n) is 2.17. The number of rotatable bonds is 2. The molecule has 0 aromatic heterocycles. The molecular weight excluding hydrogens is 108 g/mol. The zero-order valence-electron chi connectivity index (χ0n) is 4.35. The minimum atomic E-state index is 0.109. The first-order valence-corrected chi connectivity index (χ1v) is 2.57. The van der Waals surface area contributed by atoms with Crippen LogP contribution in [0.2, 0.25) is 0 Å². The Kier molecular flexibility index (Phi) is 2.87. The highest BCUT2D eigenvalue weighted by atomic mass is 32.1. The van der Waals surface area contributed by atoms with Gasteiger partial charge in [-0.3, -0.25) is 0 Å². The lowest BCUT2D eigenvalue weighted by Gasteiger charge is -1.98. The lowest BCUT2D eigenvalue weighted by atomic mass is 10.3. The van der Waals surface area contributed by atoms with Gasteiger partial charge in [-0.2, -0.15) is 0 Å². The van der Waals surface area contributed by atoms with Crippen molar-refractivity contribution in [1.82, 2.24) is 0 Å². The molecular formula is C4H10N2S. The van der Waals surface area contributed by atoms with Gasteiger partial charge in [0.1, 0.15) is 0 Å². The van der Waals surface area contributed by atoms with Gasteiger partial charge < -0.3 is 11.5 Å². The molecule has 42 valence electrons. The molecule has 0 rings (SSSR count). The SMILES string of the molecule is CC(N)CC(N)=S. The molecule has 0 radical (unpaired) electrons. The van der Waals surface area contributed by atoms with Crippen molar-refractivity contribution in [3.8, 4) is 0 Å². The highest BCUT2D eigenvalue weighted by Gasteiger charge is 1.92. The quantitative estimate of drug-likeness (QED) is 0.502. The van der Waals surface area contributed by atoms with Gasteiger partial charge in [0.2, 0.25) is 0 Å². The molecule has 0 spiro atoms. The normalized spacial score (nSPS) is 13.4. The van der Waals surface area contributed by atoms with Crippen LogP contribution in [0, 0.1) is 0 Å². The van der Waals surface area contributed by atoms with E-state index in [2.05, 4.69) is 12.2 Å². The third kappa shape index (κ3) is 5.85. The monoisotopic (exact) mass is 118 g/mol. The van der Waals surface area contributed by atoms with Gasteiger partial charge in [-0.15, -0.1) is 0 Å². The van der Waals surface area contributed by atoms with Crippen LogP contribution in [-0.2, 0) is 0 Å². The Morgan fingerprint density at radius 2 is 2.29 bits per heavy atom. The van der Waals surface area contributed by atoms with Crippen molar-refractivity contribution in [3.63, 3.8) is 0 Å². The fourth-order valence-corrected chi connectivity index (χ4v) is 0.580. The molecule has 0 amide bonds. The van der Waals surface area contributed by atoms with Gasteiger partial charge >= 0.3 is 0 Å². The summed E-state index contributed by atoms with van der Waals surface area (Å²) in [5, 5.41) is 0. The van der Waals surface area contributed by atoms with Crippen LogP contribution in [0.4, 0.5) is 0 Å². The van der Waals surface area contributed by atoms with Crippen LogP contribution >= 0.6 is 12.2 Å². The Balaban J connectivity index is 3.13. The summed E-state index contributed by atoms with van der Waals surface area (Å²) in [5.41, 5.74) is 10.5. The van der Waals surface area contributed by atoms with E-state index >= 15 is 0 Å². The van der Waals surface area contributed by atoms with E-state index in [-0.39, 0.29) is 6.04 Å². The van der Waals surface area contributed by atoms with Gasteiger partial charge in [0.05, 0.1) is 4.99 Å². The van der Waals surface area contributed by atoms with Crippen molar-refractivity contribution in [2.45, 2.75) is 19.4 Å². The maximum atomic E-state index is 5.33. The molecule has 1 atom stereocenters. The van der Waals surface area contributed by atoms with Crippen LogP contribution in [0.3, 0.4) is 0 Å². The van der Waals surface area contributed by atoms with E-state index in [1.165, 1.54) is 0 Å². The van der Waals surface area contributed by atoms with Gasteiger partial charge in [-0.05, 0) is 6.92 Å². The zero-order chi connectivity index (χ0) is 5.86. The van der Waals surface area contributed by atoms with E-state index in [1.54, 1.807) is 0 Å². The number of thiocarbonyl (C=S) groups is 1. The molecule has 0 aromatic rings. The highest BCUT2D eigenvalue weighted by Crippen LogP contribution is 1.83. The summed E-state index contributed by atoms with van der Waals surface area (Å²) < 4.78 is 0. The molecule has 2 nitrogen and oxygen atoms in total. The number of hydrogen-bond acceptors (Lipinski definition) is 2. The highest BCUT2D eigenvalue weighted by molar-refractivity contribution is 7.80. The lowest BCUT2D eigenvalue weighted by molar-refractivity contribution is 0.781. The fraction of sp³-hybridized carbons (Fsp3) is 0.750. The van der Waals surface area contributed by atoms with E-state index < -0.39 is 0 Å². The molecule has 0 saturated heterocycles. The Morgan fingerprint density at radius 1 is 1.86 bits per heavy atom. The second-order valence-corrected chi connectivity index (χ2v) is 2.17. The van der Waals surface area contributed by atoms with Crippen LogP contribution in [0.1, 0.15) is 13.3 Å². The first-order chi connectivity index (χ1) is 3.13.